The first-order valence-corrected chi connectivity index (χ1v) is 9.49. The Hall–Kier alpha value is -3.72. The minimum atomic E-state index is 0.378. The number of halogens is 1. The van der Waals surface area contributed by atoms with Gasteiger partial charge in [-0.15, -0.1) is 10.2 Å². The number of rotatable bonds is 3. The van der Waals surface area contributed by atoms with E-state index in [0.717, 1.165) is 15.6 Å². The number of anilines is 1. The van der Waals surface area contributed by atoms with Crippen molar-refractivity contribution in [2.45, 2.75) is 0 Å². The molecule has 0 aliphatic carbocycles. The van der Waals surface area contributed by atoms with Crippen LogP contribution in [0.2, 0.25) is 0 Å². The van der Waals surface area contributed by atoms with Crippen LogP contribution in [0.3, 0.4) is 0 Å². The number of H-pyrrole nitrogens is 1. The van der Waals surface area contributed by atoms with Crippen molar-refractivity contribution in [2.24, 2.45) is 0 Å². The highest BCUT2D eigenvalue weighted by atomic mass is 79.9. The molecule has 9 heteroatoms. The Morgan fingerprint density at radius 3 is 2.52 bits per heavy atom. The molecule has 0 spiro atoms. The second kappa shape index (κ2) is 7.02. The van der Waals surface area contributed by atoms with Gasteiger partial charge in [-0.25, -0.2) is 19.9 Å². The molecule has 1 aromatic carbocycles. The number of fused-ring (bicyclic) bond motifs is 1. The molecule has 5 aromatic rings. The van der Waals surface area contributed by atoms with E-state index in [4.69, 9.17) is 5.73 Å². The summed E-state index contributed by atoms with van der Waals surface area (Å²) in [5.74, 6) is 1.04. The van der Waals surface area contributed by atoms with Gasteiger partial charge in [0.2, 0.25) is 0 Å². The fourth-order valence-corrected chi connectivity index (χ4v) is 3.50. The minimum Gasteiger partial charge on any atom is -0.383 e. The highest BCUT2D eigenvalue weighted by molar-refractivity contribution is 9.10. The van der Waals surface area contributed by atoms with Crippen molar-refractivity contribution >= 4 is 32.8 Å². The number of hydrogen-bond donors (Lipinski definition) is 2. The van der Waals surface area contributed by atoms with Crippen LogP contribution in [-0.4, -0.2) is 35.1 Å². The van der Waals surface area contributed by atoms with Crippen LogP contribution in [-0.2, 0) is 0 Å². The zero-order chi connectivity index (χ0) is 19.8. The molecule has 0 unspecified atom stereocenters. The maximum Gasteiger partial charge on any atom is 0.165 e. The van der Waals surface area contributed by atoms with Crippen molar-refractivity contribution < 1.29 is 0 Å². The number of hydrogen-bond acceptors (Lipinski definition) is 7. The number of pyridine rings is 1. The number of nitrogens with one attached hydrogen (secondary N) is 1. The molecule has 0 atom stereocenters. The standard InChI is InChI=1S/C20H13BrN8/c21-12-3-1-2-11(8-12)13-9-16(27-20-17(13)18(22)25-10-26-20)14-4-5-15(29-28-14)19-23-6-7-24-19/h1-10H,(H,23,24)(H2,22,25,26,27). The van der Waals surface area contributed by atoms with Crippen molar-refractivity contribution in [3.8, 4) is 34.0 Å². The average Bonchev–Trinajstić information content (AvgIpc) is 3.28. The molecule has 29 heavy (non-hydrogen) atoms. The van der Waals surface area contributed by atoms with E-state index in [9.17, 15) is 0 Å². The Kier molecular flexibility index (Phi) is 4.21. The van der Waals surface area contributed by atoms with E-state index in [2.05, 4.69) is 51.0 Å². The summed E-state index contributed by atoms with van der Waals surface area (Å²) in [6.45, 7) is 0. The van der Waals surface area contributed by atoms with Crippen LogP contribution in [0.5, 0.6) is 0 Å². The molecule has 8 nitrogen and oxygen atoms in total. The summed E-state index contributed by atoms with van der Waals surface area (Å²) in [7, 11) is 0. The van der Waals surface area contributed by atoms with Crippen LogP contribution < -0.4 is 5.73 Å². The summed E-state index contributed by atoms with van der Waals surface area (Å²) in [6, 6.07) is 13.6. The fourth-order valence-electron chi connectivity index (χ4n) is 3.10. The molecule has 5 rings (SSSR count). The van der Waals surface area contributed by atoms with Crippen molar-refractivity contribution in [2.75, 3.05) is 5.73 Å². The Labute approximate surface area is 173 Å². The van der Waals surface area contributed by atoms with Gasteiger partial charge >= 0.3 is 0 Å². The summed E-state index contributed by atoms with van der Waals surface area (Å²) in [5.41, 5.74) is 10.4. The van der Waals surface area contributed by atoms with E-state index in [1.165, 1.54) is 6.33 Å². The molecular weight excluding hydrogens is 432 g/mol. The van der Waals surface area contributed by atoms with Gasteiger partial charge < -0.3 is 10.7 Å². The Bertz CT molecular complexity index is 1320. The van der Waals surface area contributed by atoms with E-state index in [1.807, 2.05) is 42.5 Å². The third-order valence-corrected chi connectivity index (χ3v) is 4.93. The Balaban J connectivity index is 1.69. The molecular formula is C20H13BrN8. The monoisotopic (exact) mass is 444 g/mol. The van der Waals surface area contributed by atoms with Crippen LogP contribution in [0.15, 0.2) is 65.7 Å². The van der Waals surface area contributed by atoms with Crippen LogP contribution in [0, 0.1) is 0 Å². The first-order valence-electron chi connectivity index (χ1n) is 8.70. The summed E-state index contributed by atoms with van der Waals surface area (Å²) in [5, 5.41) is 9.30. The lowest BCUT2D eigenvalue weighted by Gasteiger charge is -2.11. The van der Waals surface area contributed by atoms with E-state index in [0.29, 0.717) is 39.8 Å². The van der Waals surface area contributed by atoms with Crippen molar-refractivity contribution in [1.82, 2.24) is 35.1 Å². The van der Waals surface area contributed by atoms with Crippen LogP contribution in [0.25, 0.3) is 45.1 Å². The number of nitrogen functional groups attached to an aromatic ring is 1. The number of nitrogens with two attached hydrogens (primary N) is 1. The third kappa shape index (κ3) is 3.21. The molecule has 0 radical (unpaired) electrons. The van der Waals surface area contributed by atoms with Crippen LogP contribution in [0.1, 0.15) is 0 Å². The summed E-state index contributed by atoms with van der Waals surface area (Å²) < 4.78 is 0.958. The number of nitrogens with zero attached hydrogens (tertiary/aromatic N) is 6. The zero-order valence-electron chi connectivity index (χ0n) is 14.9. The normalized spacial score (nSPS) is 11.1. The van der Waals surface area contributed by atoms with Gasteiger partial charge in [-0.1, -0.05) is 28.1 Å². The van der Waals surface area contributed by atoms with E-state index in [1.54, 1.807) is 12.4 Å². The smallest absolute Gasteiger partial charge is 0.165 e. The number of aromatic amines is 1. The van der Waals surface area contributed by atoms with Crippen molar-refractivity contribution in [3.05, 3.63) is 65.7 Å². The number of aromatic nitrogens is 7. The Morgan fingerprint density at radius 2 is 1.76 bits per heavy atom. The fraction of sp³-hybridized carbons (Fsp3) is 0. The molecule has 0 aliphatic heterocycles. The highest BCUT2D eigenvalue weighted by Gasteiger charge is 2.15. The van der Waals surface area contributed by atoms with Gasteiger partial charge in [0.25, 0.3) is 0 Å². The number of benzene rings is 1. The second-order valence-corrected chi connectivity index (χ2v) is 7.18. The van der Waals surface area contributed by atoms with Gasteiger partial charge in [0, 0.05) is 16.9 Å². The molecule has 0 amide bonds. The Morgan fingerprint density at radius 1 is 0.897 bits per heavy atom. The average molecular weight is 445 g/mol. The molecule has 0 saturated heterocycles. The number of imidazole rings is 1. The van der Waals surface area contributed by atoms with Gasteiger partial charge in [-0.3, -0.25) is 0 Å². The molecule has 140 valence electrons. The summed E-state index contributed by atoms with van der Waals surface area (Å²) in [4.78, 5) is 20.3. The first kappa shape index (κ1) is 17.4. The maximum absolute atomic E-state index is 6.15. The zero-order valence-corrected chi connectivity index (χ0v) is 16.5. The lowest BCUT2D eigenvalue weighted by atomic mass is 10.0. The summed E-state index contributed by atoms with van der Waals surface area (Å²) in [6.07, 6.45) is 4.82. The molecule has 0 saturated carbocycles. The molecule has 4 aromatic heterocycles. The van der Waals surface area contributed by atoms with E-state index in [-0.39, 0.29) is 0 Å². The third-order valence-electron chi connectivity index (χ3n) is 4.44. The first-order chi connectivity index (χ1) is 14.2. The van der Waals surface area contributed by atoms with Gasteiger partial charge in [0.05, 0.1) is 11.1 Å². The van der Waals surface area contributed by atoms with Crippen molar-refractivity contribution in [1.29, 1.82) is 0 Å². The van der Waals surface area contributed by atoms with Gasteiger partial charge in [-0.05, 0) is 41.5 Å². The van der Waals surface area contributed by atoms with Gasteiger partial charge in [-0.2, -0.15) is 0 Å². The van der Waals surface area contributed by atoms with Gasteiger partial charge in [0.1, 0.15) is 23.5 Å². The topological polar surface area (TPSA) is 119 Å². The molecule has 0 aliphatic rings. The second-order valence-electron chi connectivity index (χ2n) is 6.26. The molecule has 0 bridgehead atoms. The summed E-state index contributed by atoms with van der Waals surface area (Å²) >= 11 is 3.52. The quantitative estimate of drug-likeness (QED) is 0.433. The van der Waals surface area contributed by atoms with E-state index < -0.39 is 0 Å². The maximum atomic E-state index is 6.15. The molecule has 4 heterocycles. The van der Waals surface area contributed by atoms with Gasteiger partial charge in [0.15, 0.2) is 11.5 Å². The van der Waals surface area contributed by atoms with Crippen LogP contribution in [0.4, 0.5) is 5.82 Å². The lowest BCUT2D eigenvalue weighted by molar-refractivity contribution is 1.02. The predicted octanol–water partition coefficient (Wildman–Crippen LogP) is 3.88. The minimum absolute atomic E-state index is 0.378. The lowest BCUT2D eigenvalue weighted by Crippen LogP contribution is -2.00. The molecule has 0 fully saturated rings. The molecule has 3 N–H and O–H groups in total. The van der Waals surface area contributed by atoms with Crippen molar-refractivity contribution in [3.63, 3.8) is 0 Å². The van der Waals surface area contributed by atoms with E-state index >= 15 is 0 Å². The predicted molar refractivity (Wildman–Crippen MR) is 113 cm³/mol. The highest BCUT2D eigenvalue weighted by Crippen LogP contribution is 2.34. The van der Waals surface area contributed by atoms with Crippen LogP contribution >= 0.6 is 15.9 Å². The SMILES string of the molecule is Nc1ncnc2nc(-c3ccc(-c4ncc[nH]4)nn3)cc(-c3cccc(Br)c3)c12. The largest absolute Gasteiger partial charge is 0.383 e.